The highest BCUT2D eigenvalue weighted by Crippen LogP contribution is 2.57. The molecule has 3 rings (SSSR count). The second-order valence-electron chi connectivity index (χ2n) is 6.77. The third-order valence-electron chi connectivity index (χ3n) is 5.69. The lowest BCUT2D eigenvalue weighted by Crippen LogP contribution is -2.44. The molecule has 3 aliphatic carbocycles. The summed E-state index contributed by atoms with van der Waals surface area (Å²) in [5.74, 6) is 2.13. The van der Waals surface area contributed by atoms with Crippen molar-refractivity contribution >= 4 is 5.91 Å². The number of amides is 1. The number of nitrogens with two attached hydrogens (primary N) is 1. The Morgan fingerprint density at radius 2 is 1.78 bits per heavy atom. The number of carbonyl (C=O) groups is 1. The Kier molecular flexibility index (Phi) is 3.35. The average molecular weight is 250 g/mol. The third-order valence-corrected chi connectivity index (χ3v) is 5.69. The van der Waals surface area contributed by atoms with E-state index in [0.29, 0.717) is 11.8 Å². The summed E-state index contributed by atoms with van der Waals surface area (Å²) in [6.07, 6.45) is 10.2. The first kappa shape index (κ1) is 12.5. The van der Waals surface area contributed by atoms with Gasteiger partial charge in [-0.25, -0.2) is 0 Å². The van der Waals surface area contributed by atoms with Crippen LogP contribution in [-0.4, -0.2) is 19.0 Å². The Balaban J connectivity index is 1.49. The van der Waals surface area contributed by atoms with Crippen LogP contribution in [-0.2, 0) is 4.79 Å². The molecule has 0 aromatic carbocycles. The molecule has 1 amide bonds. The summed E-state index contributed by atoms with van der Waals surface area (Å²) in [4.78, 5) is 12.2. The van der Waals surface area contributed by atoms with Gasteiger partial charge in [0, 0.05) is 12.5 Å². The topological polar surface area (TPSA) is 55.1 Å². The van der Waals surface area contributed by atoms with Crippen molar-refractivity contribution in [3.8, 4) is 0 Å². The van der Waals surface area contributed by atoms with E-state index >= 15 is 0 Å². The number of carbonyl (C=O) groups excluding carboxylic acids is 1. The molecule has 0 aromatic heterocycles. The summed E-state index contributed by atoms with van der Waals surface area (Å²) in [6.45, 7) is 1.54. The fraction of sp³-hybridized carbons (Fsp3) is 0.933. The lowest BCUT2D eigenvalue weighted by atomic mass is 9.74. The lowest BCUT2D eigenvalue weighted by molar-refractivity contribution is -0.123. The monoisotopic (exact) mass is 250 g/mol. The molecule has 18 heavy (non-hydrogen) atoms. The number of fused-ring (bicyclic) bond motifs is 1. The minimum Gasteiger partial charge on any atom is -0.355 e. The zero-order valence-electron chi connectivity index (χ0n) is 11.3. The molecule has 0 aliphatic heterocycles. The van der Waals surface area contributed by atoms with Crippen LogP contribution in [0.1, 0.15) is 51.4 Å². The van der Waals surface area contributed by atoms with Crippen LogP contribution in [0.3, 0.4) is 0 Å². The molecule has 0 spiro atoms. The van der Waals surface area contributed by atoms with Gasteiger partial charge in [-0.3, -0.25) is 4.79 Å². The molecular weight excluding hydrogens is 224 g/mol. The van der Waals surface area contributed by atoms with E-state index in [2.05, 4.69) is 5.32 Å². The van der Waals surface area contributed by atoms with E-state index < -0.39 is 0 Å². The van der Waals surface area contributed by atoms with E-state index in [1.54, 1.807) is 0 Å². The number of hydrogen-bond acceptors (Lipinski definition) is 2. The Bertz CT molecular complexity index is 312. The summed E-state index contributed by atoms with van der Waals surface area (Å²) in [5.41, 5.74) is 6.16. The molecule has 0 heterocycles. The SMILES string of the molecule is NCC1(CNC(=O)C2C3CCCC32)CCCCC1. The highest BCUT2D eigenvalue weighted by atomic mass is 16.2. The molecule has 2 unspecified atom stereocenters. The second kappa shape index (κ2) is 4.84. The summed E-state index contributed by atoms with van der Waals surface area (Å²) in [5, 5.41) is 3.22. The fourth-order valence-corrected chi connectivity index (χ4v) is 4.36. The number of hydrogen-bond donors (Lipinski definition) is 2. The van der Waals surface area contributed by atoms with E-state index in [-0.39, 0.29) is 5.41 Å². The van der Waals surface area contributed by atoms with Gasteiger partial charge in [0.2, 0.25) is 5.91 Å². The molecule has 3 fully saturated rings. The van der Waals surface area contributed by atoms with Crippen LogP contribution in [0.15, 0.2) is 0 Å². The average Bonchev–Trinajstić information content (AvgIpc) is 2.90. The van der Waals surface area contributed by atoms with E-state index in [1.165, 1.54) is 51.4 Å². The zero-order valence-corrected chi connectivity index (χ0v) is 11.3. The normalized spacial score (nSPS) is 37.1. The van der Waals surface area contributed by atoms with E-state index in [0.717, 1.165) is 24.9 Å². The first-order valence-electron chi connectivity index (χ1n) is 7.74. The maximum absolute atomic E-state index is 12.2. The molecule has 0 radical (unpaired) electrons. The summed E-state index contributed by atoms with van der Waals surface area (Å²) < 4.78 is 0. The predicted octanol–water partition coefficient (Wildman–Crippen LogP) is 2.06. The van der Waals surface area contributed by atoms with Gasteiger partial charge in [0.05, 0.1) is 0 Å². The van der Waals surface area contributed by atoms with Gasteiger partial charge in [-0.15, -0.1) is 0 Å². The summed E-state index contributed by atoms with van der Waals surface area (Å²) in [7, 11) is 0. The van der Waals surface area contributed by atoms with Crippen molar-refractivity contribution < 1.29 is 4.79 Å². The van der Waals surface area contributed by atoms with Gasteiger partial charge in [0.15, 0.2) is 0 Å². The minimum absolute atomic E-state index is 0.206. The quantitative estimate of drug-likeness (QED) is 0.802. The van der Waals surface area contributed by atoms with Gasteiger partial charge in [0.25, 0.3) is 0 Å². The molecular formula is C15H26N2O. The van der Waals surface area contributed by atoms with Gasteiger partial charge >= 0.3 is 0 Å². The van der Waals surface area contributed by atoms with Crippen molar-refractivity contribution in [2.75, 3.05) is 13.1 Å². The van der Waals surface area contributed by atoms with Crippen molar-refractivity contribution in [3.05, 3.63) is 0 Å². The Morgan fingerprint density at radius 3 is 2.39 bits per heavy atom. The molecule has 3 saturated carbocycles. The van der Waals surface area contributed by atoms with E-state index in [1.807, 2.05) is 0 Å². The van der Waals surface area contributed by atoms with E-state index in [9.17, 15) is 4.79 Å². The number of rotatable bonds is 4. The van der Waals surface area contributed by atoms with Crippen molar-refractivity contribution in [2.24, 2.45) is 28.9 Å². The second-order valence-corrected chi connectivity index (χ2v) is 6.77. The fourth-order valence-electron chi connectivity index (χ4n) is 4.36. The van der Waals surface area contributed by atoms with Gasteiger partial charge in [0.1, 0.15) is 0 Å². The maximum atomic E-state index is 12.2. The molecule has 102 valence electrons. The molecule has 2 atom stereocenters. The summed E-state index contributed by atoms with van der Waals surface area (Å²) in [6, 6.07) is 0. The summed E-state index contributed by atoms with van der Waals surface area (Å²) >= 11 is 0. The Hall–Kier alpha value is -0.570. The smallest absolute Gasteiger partial charge is 0.223 e. The van der Waals surface area contributed by atoms with Gasteiger partial charge < -0.3 is 11.1 Å². The molecule has 3 N–H and O–H groups in total. The minimum atomic E-state index is 0.206. The first-order chi connectivity index (χ1) is 8.76. The maximum Gasteiger partial charge on any atom is 0.223 e. The van der Waals surface area contributed by atoms with Crippen molar-refractivity contribution in [2.45, 2.75) is 51.4 Å². The molecule has 3 heteroatoms. The van der Waals surface area contributed by atoms with Crippen LogP contribution >= 0.6 is 0 Å². The standard InChI is InChI=1S/C15H26N2O/c16-9-15(7-2-1-3-8-15)10-17-14(18)13-11-5-4-6-12(11)13/h11-13H,1-10,16H2,(H,17,18). The molecule has 0 saturated heterocycles. The Labute approximate surface area is 110 Å². The molecule has 0 aromatic rings. The third kappa shape index (κ3) is 2.18. The van der Waals surface area contributed by atoms with Crippen LogP contribution in [0.4, 0.5) is 0 Å². The van der Waals surface area contributed by atoms with E-state index in [4.69, 9.17) is 5.73 Å². The first-order valence-corrected chi connectivity index (χ1v) is 7.74. The van der Waals surface area contributed by atoms with Gasteiger partial charge in [-0.2, -0.15) is 0 Å². The van der Waals surface area contributed by atoms with Crippen LogP contribution in [0.25, 0.3) is 0 Å². The highest BCUT2D eigenvalue weighted by Gasteiger charge is 2.56. The van der Waals surface area contributed by atoms with Crippen LogP contribution in [0, 0.1) is 23.2 Å². The Morgan fingerprint density at radius 1 is 1.11 bits per heavy atom. The van der Waals surface area contributed by atoms with Crippen molar-refractivity contribution in [1.82, 2.24) is 5.32 Å². The predicted molar refractivity (Wildman–Crippen MR) is 71.9 cm³/mol. The number of nitrogens with one attached hydrogen (secondary N) is 1. The zero-order chi connectivity index (χ0) is 12.6. The van der Waals surface area contributed by atoms with Gasteiger partial charge in [-0.05, 0) is 49.5 Å². The van der Waals surface area contributed by atoms with Crippen molar-refractivity contribution in [3.63, 3.8) is 0 Å². The van der Waals surface area contributed by atoms with Crippen molar-refractivity contribution in [1.29, 1.82) is 0 Å². The van der Waals surface area contributed by atoms with Crippen LogP contribution in [0.2, 0.25) is 0 Å². The van der Waals surface area contributed by atoms with Crippen LogP contribution < -0.4 is 11.1 Å². The molecule has 3 aliphatic rings. The largest absolute Gasteiger partial charge is 0.355 e. The molecule has 3 nitrogen and oxygen atoms in total. The van der Waals surface area contributed by atoms with Gasteiger partial charge in [-0.1, -0.05) is 25.7 Å². The van der Waals surface area contributed by atoms with Crippen LogP contribution in [0.5, 0.6) is 0 Å². The highest BCUT2D eigenvalue weighted by molar-refractivity contribution is 5.82. The molecule has 0 bridgehead atoms. The lowest BCUT2D eigenvalue weighted by Gasteiger charge is -2.36.